The van der Waals surface area contributed by atoms with E-state index in [9.17, 15) is 0 Å². The van der Waals surface area contributed by atoms with Crippen LogP contribution in [0.5, 0.6) is 0 Å². The van der Waals surface area contributed by atoms with Gasteiger partial charge in [-0.3, -0.25) is 0 Å². The average molecular weight is 806 g/mol. The largest absolute Gasteiger partial charge is 0.456 e. The zero-order valence-corrected chi connectivity index (χ0v) is 33.9. The van der Waals surface area contributed by atoms with Crippen molar-refractivity contribution in [3.05, 3.63) is 212 Å². The highest BCUT2D eigenvalue weighted by Gasteiger charge is 2.22. The minimum Gasteiger partial charge on any atom is -0.456 e. The first-order chi connectivity index (χ1) is 31.2. The second-order valence-electron chi connectivity index (χ2n) is 16.0. The molecule has 6 heteroatoms. The molecule has 0 fully saturated rings. The Hall–Kier alpha value is -8.61. The van der Waals surface area contributed by atoms with Crippen LogP contribution in [0.2, 0.25) is 0 Å². The zero-order chi connectivity index (χ0) is 41.4. The summed E-state index contributed by atoms with van der Waals surface area (Å²) in [5, 5.41) is 6.99. The zero-order valence-electron chi connectivity index (χ0n) is 33.9. The van der Waals surface area contributed by atoms with E-state index in [-0.39, 0.29) is 0 Å². The second kappa shape index (κ2) is 14.0. The molecule has 0 saturated carbocycles. The molecule has 294 valence electrons. The van der Waals surface area contributed by atoms with E-state index in [0.29, 0.717) is 17.5 Å². The van der Waals surface area contributed by atoms with Crippen molar-refractivity contribution < 1.29 is 4.42 Å². The fourth-order valence-corrected chi connectivity index (χ4v) is 9.47. The SMILES string of the molecule is c1ccc(-c2nc(-c3ccccc3)nc(-c3ccc4c(c3)oc3ccc(-c5cccc(-n6c7ccccc7c7ccc8c9ccccc9n(-c9ccccc9)c8c76)c5)cc34)n2)cc1. The van der Waals surface area contributed by atoms with Crippen molar-refractivity contribution in [1.82, 2.24) is 24.1 Å². The minimum absolute atomic E-state index is 0.592. The summed E-state index contributed by atoms with van der Waals surface area (Å²) < 4.78 is 11.4. The van der Waals surface area contributed by atoms with E-state index in [1.807, 2.05) is 66.7 Å². The number of hydrogen-bond donors (Lipinski definition) is 0. The van der Waals surface area contributed by atoms with Gasteiger partial charge in [-0.1, -0.05) is 152 Å². The van der Waals surface area contributed by atoms with E-state index in [1.165, 1.54) is 43.6 Å². The highest BCUT2D eigenvalue weighted by atomic mass is 16.3. The molecule has 0 radical (unpaired) electrons. The molecule has 9 aromatic carbocycles. The van der Waals surface area contributed by atoms with Gasteiger partial charge in [-0.15, -0.1) is 0 Å². The summed E-state index contributed by atoms with van der Waals surface area (Å²) in [6.07, 6.45) is 0. The first-order valence-corrected chi connectivity index (χ1v) is 21.2. The third-order valence-corrected chi connectivity index (χ3v) is 12.3. The predicted octanol–water partition coefficient (Wildman–Crippen LogP) is 14.6. The molecule has 0 saturated heterocycles. The van der Waals surface area contributed by atoms with E-state index >= 15 is 0 Å². The van der Waals surface area contributed by atoms with E-state index in [2.05, 4.69) is 155 Å². The molecule has 0 spiro atoms. The molecule has 63 heavy (non-hydrogen) atoms. The van der Waals surface area contributed by atoms with Crippen LogP contribution in [0.25, 0.3) is 122 Å². The maximum Gasteiger partial charge on any atom is 0.164 e. The Morgan fingerprint density at radius 3 is 1.40 bits per heavy atom. The number of nitrogens with zero attached hydrogens (tertiary/aromatic N) is 5. The molecule has 4 aromatic heterocycles. The van der Waals surface area contributed by atoms with Crippen LogP contribution in [-0.4, -0.2) is 24.1 Å². The smallest absolute Gasteiger partial charge is 0.164 e. The topological polar surface area (TPSA) is 61.7 Å². The first kappa shape index (κ1) is 35.2. The quantitative estimate of drug-likeness (QED) is 0.168. The number of benzene rings is 9. The summed E-state index contributed by atoms with van der Waals surface area (Å²) in [6.45, 7) is 0. The molecule has 6 nitrogen and oxygen atoms in total. The molecule has 13 aromatic rings. The van der Waals surface area contributed by atoms with E-state index < -0.39 is 0 Å². The van der Waals surface area contributed by atoms with Crippen LogP contribution in [0.4, 0.5) is 0 Å². The van der Waals surface area contributed by atoms with Crippen LogP contribution in [-0.2, 0) is 0 Å². The van der Waals surface area contributed by atoms with E-state index in [1.54, 1.807) is 0 Å². The van der Waals surface area contributed by atoms with Crippen LogP contribution in [0.1, 0.15) is 0 Å². The molecular formula is C57H35N5O. The van der Waals surface area contributed by atoms with Gasteiger partial charge in [-0.05, 0) is 71.8 Å². The van der Waals surface area contributed by atoms with E-state index in [0.717, 1.165) is 61.1 Å². The lowest BCUT2D eigenvalue weighted by atomic mass is 10.0. The van der Waals surface area contributed by atoms with Crippen LogP contribution < -0.4 is 0 Å². The molecule has 0 amide bonds. The van der Waals surface area contributed by atoms with Gasteiger partial charge in [-0.2, -0.15) is 0 Å². The van der Waals surface area contributed by atoms with Gasteiger partial charge in [0.2, 0.25) is 0 Å². The third-order valence-electron chi connectivity index (χ3n) is 12.3. The molecule has 0 atom stereocenters. The standard InChI is InChI=1S/C57H35N5O/c1-4-15-36(16-5-1)55-58-56(37-17-6-2-7-18-37)60-57(59-55)40-27-29-45-48-34-39(28-32-51(48)63-52(45)35-40)38-19-14-22-42(33-38)62-50-26-13-11-24-44(50)47-31-30-46-43-23-10-12-25-49(43)61(53(46)54(47)62)41-20-8-3-9-21-41/h1-35H. The van der Waals surface area contributed by atoms with Gasteiger partial charge < -0.3 is 13.6 Å². The predicted molar refractivity (Wildman–Crippen MR) is 258 cm³/mol. The van der Waals surface area contributed by atoms with Gasteiger partial charge in [-0.25, -0.2) is 15.0 Å². The number of aromatic nitrogens is 5. The minimum atomic E-state index is 0.592. The molecule has 0 aliphatic carbocycles. The second-order valence-corrected chi connectivity index (χ2v) is 16.0. The highest BCUT2D eigenvalue weighted by Crippen LogP contribution is 2.42. The van der Waals surface area contributed by atoms with Crippen LogP contribution in [0.15, 0.2) is 217 Å². The number of rotatable bonds is 6. The molecule has 13 rings (SSSR count). The van der Waals surface area contributed by atoms with Gasteiger partial charge in [0.25, 0.3) is 0 Å². The van der Waals surface area contributed by atoms with Crippen molar-refractivity contribution in [3.63, 3.8) is 0 Å². The van der Waals surface area contributed by atoms with Gasteiger partial charge in [0.1, 0.15) is 11.2 Å². The van der Waals surface area contributed by atoms with Crippen molar-refractivity contribution in [1.29, 1.82) is 0 Å². The lowest BCUT2D eigenvalue weighted by Gasteiger charge is -2.13. The summed E-state index contributed by atoms with van der Waals surface area (Å²) in [5.41, 5.74) is 13.5. The maximum absolute atomic E-state index is 6.55. The van der Waals surface area contributed by atoms with Crippen molar-refractivity contribution in [2.75, 3.05) is 0 Å². The third kappa shape index (κ3) is 5.62. The van der Waals surface area contributed by atoms with Crippen molar-refractivity contribution in [2.24, 2.45) is 0 Å². The highest BCUT2D eigenvalue weighted by molar-refractivity contribution is 6.24. The Morgan fingerprint density at radius 2 is 0.762 bits per heavy atom. The van der Waals surface area contributed by atoms with E-state index in [4.69, 9.17) is 19.4 Å². The van der Waals surface area contributed by atoms with Crippen LogP contribution in [0, 0.1) is 0 Å². The average Bonchev–Trinajstić information content (AvgIpc) is 4.02. The molecule has 0 N–H and O–H groups in total. The van der Waals surface area contributed by atoms with Crippen molar-refractivity contribution >= 4 is 65.6 Å². The summed E-state index contributed by atoms with van der Waals surface area (Å²) in [7, 11) is 0. The molecule has 0 unspecified atom stereocenters. The molecule has 0 aliphatic rings. The summed E-state index contributed by atoms with van der Waals surface area (Å²) >= 11 is 0. The summed E-state index contributed by atoms with van der Waals surface area (Å²) in [4.78, 5) is 14.8. The van der Waals surface area contributed by atoms with Crippen molar-refractivity contribution in [3.8, 4) is 56.7 Å². The van der Waals surface area contributed by atoms with Crippen LogP contribution >= 0.6 is 0 Å². The molecular weight excluding hydrogens is 771 g/mol. The number of hydrogen-bond acceptors (Lipinski definition) is 4. The van der Waals surface area contributed by atoms with Gasteiger partial charge in [0.05, 0.1) is 22.1 Å². The number of fused-ring (bicyclic) bond motifs is 10. The molecule has 0 aliphatic heterocycles. The Bertz CT molecular complexity index is 3850. The maximum atomic E-state index is 6.55. The Kier molecular flexibility index (Phi) is 7.80. The van der Waals surface area contributed by atoms with Crippen LogP contribution in [0.3, 0.4) is 0 Å². The lowest BCUT2D eigenvalue weighted by Crippen LogP contribution is -2.00. The fourth-order valence-electron chi connectivity index (χ4n) is 9.47. The molecule has 4 heterocycles. The monoisotopic (exact) mass is 805 g/mol. The number of furan rings is 1. The number of para-hydroxylation sites is 3. The molecule has 0 bridgehead atoms. The first-order valence-electron chi connectivity index (χ1n) is 21.2. The normalized spacial score (nSPS) is 11.8. The Balaban J connectivity index is 0.953. The Morgan fingerprint density at radius 1 is 0.286 bits per heavy atom. The van der Waals surface area contributed by atoms with Crippen molar-refractivity contribution in [2.45, 2.75) is 0 Å². The fraction of sp³-hybridized carbons (Fsp3) is 0. The lowest BCUT2D eigenvalue weighted by molar-refractivity contribution is 0.669. The summed E-state index contributed by atoms with van der Waals surface area (Å²) in [6, 6.07) is 74.6. The van der Waals surface area contributed by atoms with Gasteiger partial charge in [0.15, 0.2) is 17.5 Å². The van der Waals surface area contributed by atoms with Gasteiger partial charge in [0, 0.05) is 60.4 Å². The van der Waals surface area contributed by atoms with Gasteiger partial charge >= 0.3 is 0 Å². The Labute approximate surface area is 361 Å². The summed E-state index contributed by atoms with van der Waals surface area (Å²) in [5.74, 6) is 1.84.